The van der Waals surface area contributed by atoms with E-state index < -0.39 is 0 Å². The van der Waals surface area contributed by atoms with Crippen LogP contribution < -0.4 is 0 Å². The number of hydrogen-bond donors (Lipinski definition) is 0. The Morgan fingerprint density at radius 2 is 2.05 bits per heavy atom. The monoisotopic (exact) mass is 273 g/mol. The Kier molecular flexibility index (Phi) is 4.31. The van der Waals surface area contributed by atoms with Gasteiger partial charge in [0.1, 0.15) is 0 Å². The number of nitrogens with zero attached hydrogens (tertiary/aromatic N) is 3. The lowest BCUT2D eigenvalue weighted by Crippen LogP contribution is -2.41. The summed E-state index contributed by atoms with van der Waals surface area (Å²) in [5.41, 5.74) is 1.33. The van der Waals surface area contributed by atoms with E-state index in [4.69, 9.17) is 0 Å². The van der Waals surface area contributed by atoms with Crippen LogP contribution in [0.15, 0.2) is 24.5 Å². The number of piperidine rings is 1. The molecule has 0 radical (unpaired) electrons. The second-order valence-corrected chi connectivity index (χ2v) is 6.04. The normalized spacial score (nSPS) is 24.3. The third-order valence-corrected chi connectivity index (χ3v) is 4.41. The SMILES string of the molecule is O=C1CCCN1CC1CCCN(Cc2ccncc2)C1. The van der Waals surface area contributed by atoms with Crippen LogP contribution in [0.3, 0.4) is 0 Å². The molecule has 2 saturated heterocycles. The summed E-state index contributed by atoms with van der Waals surface area (Å²) in [6, 6.07) is 4.18. The molecule has 0 spiro atoms. The van der Waals surface area contributed by atoms with Gasteiger partial charge in [0.15, 0.2) is 0 Å². The minimum Gasteiger partial charge on any atom is -0.342 e. The first kappa shape index (κ1) is 13.6. The number of likely N-dealkylation sites (tertiary alicyclic amines) is 2. The lowest BCUT2D eigenvalue weighted by Gasteiger charge is -2.34. The lowest BCUT2D eigenvalue weighted by molar-refractivity contribution is -0.128. The summed E-state index contributed by atoms with van der Waals surface area (Å²) in [5, 5.41) is 0. The molecule has 0 saturated carbocycles. The second kappa shape index (κ2) is 6.35. The quantitative estimate of drug-likeness (QED) is 0.841. The Hall–Kier alpha value is -1.42. The van der Waals surface area contributed by atoms with E-state index in [9.17, 15) is 4.79 Å². The summed E-state index contributed by atoms with van der Waals surface area (Å²) in [7, 11) is 0. The van der Waals surface area contributed by atoms with Gasteiger partial charge in [-0.1, -0.05) is 0 Å². The van der Waals surface area contributed by atoms with Gasteiger partial charge in [-0.05, 0) is 49.4 Å². The molecule has 1 aromatic rings. The molecule has 2 fully saturated rings. The average molecular weight is 273 g/mol. The van der Waals surface area contributed by atoms with Gasteiger partial charge >= 0.3 is 0 Å². The first-order valence-corrected chi connectivity index (χ1v) is 7.70. The number of aromatic nitrogens is 1. The largest absolute Gasteiger partial charge is 0.342 e. The van der Waals surface area contributed by atoms with Gasteiger partial charge in [-0.25, -0.2) is 0 Å². The van der Waals surface area contributed by atoms with Crippen LogP contribution in [-0.4, -0.2) is 46.9 Å². The van der Waals surface area contributed by atoms with Crippen molar-refractivity contribution in [3.63, 3.8) is 0 Å². The maximum atomic E-state index is 11.7. The van der Waals surface area contributed by atoms with Crippen LogP contribution in [0.25, 0.3) is 0 Å². The molecule has 1 amide bonds. The highest BCUT2D eigenvalue weighted by Gasteiger charge is 2.26. The molecule has 2 aliphatic heterocycles. The fourth-order valence-corrected chi connectivity index (χ4v) is 3.40. The first-order chi connectivity index (χ1) is 9.81. The molecule has 3 rings (SSSR count). The Bertz CT molecular complexity index is 448. The molecule has 0 aliphatic carbocycles. The van der Waals surface area contributed by atoms with Crippen molar-refractivity contribution in [1.82, 2.24) is 14.8 Å². The van der Waals surface area contributed by atoms with Crippen molar-refractivity contribution in [1.29, 1.82) is 0 Å². The van der Waals surface area contributed by atoms with Crippen LogP contribution in [0, 0.1) is 5.92 Å². The van der Waals surface area contributed by atoms with E-state index in [0.717, 1.165) is 39.0 Å². The van der Waals surface area contributed by atoms with E-state index in [0.29, 0.717) is 11.8 Å². The predicted octanol–water partition coefficient (Wildman–Crippen LogP) is 1.92. The highest BCUT2D eigenvalue weighted by Crippen LogP contribution is 2.21. The average Bonchev–Trinajstić information content (AvgIpc) is 2.86. The zero-order valence-electron chi connectivity index (χ0n) is 12.0. The molecule has 3 heterocycles. The molecular weight excluding hydrogens is 250 g/mol. The fourth-order valence-electron chi connectivity index (χ4n) is 3.40. The second-order valence-electron chi connectivity index (χ2n) is 6.04. The van der Waals surface area contributed by atoms with Gasteiger partial charge in [-0.3, -0.25) is 14.7 Å². The fraction of sp³-hybridized carbons (Fsp3) is 0.625. The van der Waals surface area contributed by atoms with Crippen LogP contribution in [0.4, 0.5) is 0 Å². The molecule has 0 bridgehead atoms. The Balaban J connectivity index is 1.52. The van der Waals surface area contributed by atoms with Gasteiger partial charge in [-0.15, -0.1) is 0 Å². The highest BCUT2D eigenvalue weighted by molar-refractivity contribution is 5.78. The smallest absolute Gasteiger partial charge is 0.222 e. The highest BCUT2D eigenvalue weighted by atomic mass is 16.2. The summed E-state index contributed by atoms with van der Waals surface area (Å²) >= 11 is 0. The maximum absolute atomic E-state index is 11.7. The van der Waals surface area contributed by atoms with E-state index in [2.05, 4.69) is 26.9 Å². The third kappa shape index (κ3) is 3.37. The standard InChI is InChI=1S/C16H23N3O/c20-16-4-2-10-19(16)13-15-3-1-9-18(12-15)11-14-5-7-17-8-6-14/h5-8,15H,1-4,9-13H2. The Morgan fingerprint density at radius 3 is 2.80 bits per heavy atom. The number of rotatable bonds is 4. The van der Waals surface area contributed by atoms with E-state index >= 15 is 0 Å². The Morgan fingerprint density at radius 1 is 1.20 bits per heavy atom. The van der Waals surface area contributed by atoms with Gasteiger partial charge in [0.05, 0.1) is 0 Å². The Labute approximate surface area is 120 Å². The van der Waals surface area contributed by atoms with Crippen molar-refractivity contribution in [2.75, 3.05) is 26.2 Å². The van der Waals surface area contributed by atoms with Crippen molar-refractivity contribution >= 4 is 5.91 Å². The summed E-state index contributed by atoms with van der Waals surface area (Å²) in [5.74, 6) is 1.00. The van der Waals surface area contributed by atoms with Gasteiger partial charge in [0, 0.05) is 45.0 Å². The van der Waals surface area contributed by atoms with Crippen LogP contribution >= 0.6 is 0 Å². The molecule has 2 aliphatic rings. The first-order valence-electron chi connectivity index (χ1n) is 7.70. The number of amides is 1. The predicted molar refractivity (Wildman–Crippen MR) is 78.1 cm³/mol. The molecule has 1 aromatic heterocycles. The minimum atomic E-state index is 0.358. The third-order valence-electron chi connectivity index (χ3n) is 4.41. The topological polar surface area (TPSA) is 36.4 Å². The maximum Gasteiger partial charge on any atom is 0.222 e. The number of hydrogen-bond acceptors (Lipinski definition) is 3. The molecule has 0 N–H and O–H groups in total. The lowest BCUT2D eigenvalue weighted by atomic mass is 9.97. The molecule has 20 heavy (non-hydrogen) atoms. The molecule has 1 atom stereocenters. The van der Waals surface area contributed by atoms with Crippen LogP contribution in [-0.2, 0) is 11.3 Å². The summed E-state index contributed by atoms with van der Waals surface area (Å²) in [6.45, 7) is 5.23. The number of pyridine rings is 1. The van der Waals surface area contributed by atoms with Crippen LogP contribution in [0.5, 0.6) is 0 Å². The molecule has 4 nitrogen and oxygen atoms in total. The van der Waals surface area contributed by atoms with Crippen LogP contribution in [0.1, 0.15) is 31.2 Å². The minimum absolute atomic E-state index is 0.358. The van der Waals surface area contributed by atoms with Crippen molar-refractivity contribution in [2.24, 2.45) is 5.92 Å². The number of carbonyl (C=O) groups excluding carboxylic acids is 1. The summed E-state index contributed by atoms with van der Waals surface area (Å²) in [6.07, 6.45) is 8.04. The molecule has 1 unspecified atom stereocenters. The van der Waals surface area contributed by atoms with Gasteiger partial charge < -0.3 is 4.90 Å². The zero-order chi connectivity index (χ0) is 13.8. The summed E-state index contributed by atoms with van der Waals surface area (Å²) in [4.78, 5) is 20.4. The van der Waals surface area contributed by atoms with Crippen molar-refractivity contribution in [3.05, 3.63) is 30.1 Å². The molecule has 108 valence electrons. The van der Waals surface area contributed by atoms with E-state index in [-0.39, 0.29) is 0 Å². The van der Waals surface area contributed by atoms with E-state index in [1.165, 1.54) is 24.9 Å². The number of carbonyl (C=O) groups is 1. The van der Waals surface area contributed by atoms with Crippen LogP contribution in [0.2, 0.25) is 0 Å². The van der Waals surface area contributed by atoms with Crippen molar-refractivity contribution in [3.8, 4) is 0 Å². The van der Waals surface area contributed by atoms with E-state index in [1.54, 1.807) is 0 Å². The summed E-state index contributed by atoms with van der Waals surface area (Å²) < 4.78 is 0. The molecule has 4 heteroatoms. The van der Waals surface area contributed by atoms with Gasteiger partial charge in [-0.2, -0.15) is 0 Å². The van der Waals surface area contributed by atoms with Gasteiger partial charge in [0.2, 0.25) is 5.91 Å². The van der Waals surface area contributed by atoms with Gasteiger partial charge in [0.25, 0.3) is 0 Å². The molecular formula is C16H23N3O. The van der Waals surface area contributed by atoms with Crippen molar-refractivity contribution < 1.29 is 4.79 Å². The van der Waals surface area contributed by atoms with E-state index in [1.807, 2.05) is 12.4 Å². The van der Waals surface area contributed by atoms with Crippen molar-refractivity contribution in [2.45, 2.75) is 32.2 Å². The zero-order valence-corrected chi connectivity index (χ0v) is 12.0. The molecule has 0 aromatic carbocycles.